The molecule has 1 N–H and O–H groups in total. The average molecular weight is 525 g/mol. The maximum absolute atomic E-state index is 12.7. The summed E-state index contributed by atoms with van der Waals surface area (Å²) in [4.78, 5) is 13.7. The SMILES string of the molecule is Cc1cccc(OCc2nnc(NC(=O)/C(C#N)=C\c3ccc(Sc4cccc5ccccc45)o3)s2)c1. The number of carbonyl (C=O) groups is 1. The highest BCUT2D eigenvalue weighted by Crippen LogP contribution is 2.34. The van der Waals surface area contributed by atoms with E-state index < -0.39 is 5.91 Å². The lowest BCUT2D eigenvalue weighted by Crippen LogP contribution is -2.13. The zero-order chi connectivity index (χ0) is 25.6. The number of ether oxygens (including phenoxy) is 1. The van der Waals surface area contributed by atoms with E-state index in [4.69, 9.17) is 9.15 Å². The van der Waals surface area contributed by atoms with Gasteiger partial charge in [0.05, 0.1) is 0 Å². The van der Waals surface area contributed by atoms with Crippen LogP contribution in [0.4, 0.5) is 5.13 Å². The van der Waals surface area contributed by atoms with Crippen LogP contribution in [0.5, 0.6) is 5.75 Å². The second-order valence-corrected chi connectivity index (χ2v) is 10.1. The lowest BCUT2D eigenvalue weighted by Gasteiger charge is -2.04. The van der Waals surface area contributed by atoms with Gasteiger partial charge in [-0.05, 0) is 53.6 Å². The Labute approximate surface area is 221 Å². The van der Waals surface area contributed by atoms with Crippen LogP contribution < -0.4 is 10.1 Å². The summed E-state index contributed by atoms with van der Waals surface area (Å²) in [5.41, 5.74) is 0.984. The molecule has 0 unspecified atom stereocenters. The Hall–Kier alpha value is -4.39. The summed E-state index contributed by atoms with van der Waals surface area (Å²) in [6, 6.07) is 27.4. The van der Waals surface area contributed by atoms with Crippen molar-refractivity contribution in [3.63, 3.8) is 0 Å². The summed E-state index contributed by atoms with van der Waals surface area (Å²) < 4.78 is 11.6. The van der Waals surface area contributed by atoms with Crippen molar-refractivity contribution in [2.24, 2.45) is 0 Å². The van der Waals surface area contributed by atoms with Gasteiger partial charge in [0.2, 0.25) is 5.13 Å². The quantitative estimate of drug-likeness (QED) is 0.175. The number of anilines is 1. The predicted molar refractivity (Wildman–Crippen MR) is 144 cm³/mol. The van der Waals surface area contributed by atoms with Gasteiger partial charge < -0.3 is 9.15 Å². The van der Waals surface area contributed by atoms with Crippen molar-refractivity contribution in [3.8, 4) is 11.8 Å². The van der Waals surface area contributed by atoms with E-state index in [9.17, 15) is 10.1 Å². The number of nitrogens with one attached hydrogen (secondary N) is 1. The van der Waals surface area contributed by atoms with Gasteiger partial charge in [-0.25, -0.2) is 0 Å². The van der Waals surface area contributed by atoms with Crippen LogP contribution in [0.1, 0.15) is 16.3 Å². The predicted octanol–water partition coefficient (Wildman–Crippen LogP) is 6.87. The fourth-order valence-corrected chi connectivity index (χ4v) is 5.11. The number of aromatic nitrogens is 2. The number of hydrogen-bond acceptors (Lipinski definition) is 8. The first kappa shape index (κ1) is 24.3. The molecule has 3 aromatic carbocycles. The Morgan fingerprint density at radius 2 is 1.95 bits per heavy atom. The van der Waals surface area contributed by atoms with Crippen LogP contribution in [0.2, 0.25) is 0 Å². The number of nitriles is 1. The number of fused-ring (bicyclic) bond motifs is 1. The number of carbonyl (C=O) groups excluding carboxylic acids is 1. The maximum atomic E-state index is 12.7. The van der Waals surface area contributed by atoms with Gasteiger partial charge in [-0.15, -0.1) is 10.2 Å². The van der Waals surface area contributed by atoms with Gasteiger partial charge in [-0.2, -0.15) is 5.26 Å². The van der Waals surface area contributed by atoms with E-state index in [1.54, 1.807) is 6.07 Å². The molecule has 2 aromatic heterocycles. The van der Waals surface area contributed by atoms with Crippen LogP contribution in [0.25, 0.3) is 16.8 Å². The molecule has 7 nitrogen and oxygen atoms in total. The van der Waals surface area contributed by atoms with E-state index in [1.807, 2.05) is 67.6 Å². The molecular formula is C28H20N4O3S2. The van der Waals surface area contributed by atoms with E-state index in [0.717, 1.165) is 27.0 Å². The van der Waals surface area contributed by atoms with Crippen molar-refractivity contribution in [1.29, 1.82) is 5.26 Å². The van der Waals surface area contributed by atoms with Crippen LogP contribution in [-0.2, 0) is 11.4 Å². The lowest BCUT2D eigenvalue weighted by atomic mass is 10.1. The van der Waals surface area contributed by atoms with Crippen molar-refractivity contribution >= 4 is 51.0 Å². The number of rotatable bonds is 8. The van der Waals surface area contributed by atoms with Gasteiger partial charge in [0, 0.05) is 11.0 Å². The third-order valence-corrected chi connectivity index (χ3v) is 7.06. The first-order valence-corrected chi connectivity index (χ1v) is 12.9. The fraction of sp³-hybridized carbons (Fsp3) is 0.0714. The molecule has 0 aliphatic heterocycles. The molecule has 5 aromatic rings. The molecule has 0 bridgehead atoms. The van der Waals surface area contributed by atoms with Crippen LogP contribution in [0.3, 0.4) is 0 Å². The lowest BCUT2D eigenvalue weighted by molar-refractivity contribution is -0.112. The number of nitrogens with zero attached hydrogens (tertiary/aromatic N) is 3. The molecule has 0 saturated heterocycles. The van der Waals surface area contributed by atoms with Gasteiger partial charge >= 0.3 is 0 Å². The first-order chi connectivity index (χ1) is 18.1. The molecule has 182 valence electrons. The molecule has 0 spiro atoms. The molecule has 0 aliphatic carbocycles. The number of aryl methyl sites for hydroxylation is 1. The van der Waals surface area contributed by atoms with Crippen LogP contribution in [-0.4, -0.2) is 16.1 Å². The summed E-state index contributed by atoms with van der Waals surface area (Å²) >= 11 is 2.66. The van der Waals surface area contributed by atoms with Crippen molar-refractivity contribution in [2.75, 3.05) is 5.32 Å². The van der Waals surface area contributed by atoms with E-state index in [0.29, 0.717) is 15.9 Å². The summed E-state index contributed by atoms with van der Waals surface area (Å²) in [5, 5.41) is 24.0. The summed E-state index contributed by atoms with van der Waals surface area (Å²) in [6.07, 6.45) is 1.41. The minimum absolute atomic E-state index is 0.108. The third-order valence-electron chi connectivity index (χ3n) is 5.25. The molecule has 2 heterocycles. The van der Waals surface area contributed by atoms with Gasteiger partial charge in [0.15, 0.2) is 10.1 Å². The first-order valence-electron chi connectivity index (χ1n) is 11.3. The second kappa shape index (κ2) is 11.1. The van der Waals surface area contributed by atoms with E-state index in [-0.39, 0.29) is 17.3 Å². The van der Waals surface area contributed by atoms with Gasteiger partial charge in [-0.3, -0.25) is 10.1 Å². The molecule has 0 aliphatic rings. The molecule has 5 rings (SSSR count). The molecule has 0 atom stereocenters. The largest absolute Gasteiger partial charge is 0.486 e. The average Bonchev–Trinajstić information content (AvgIpc) is 3.55. The molecular weight excluding hydrogens is 504 g/mol. The Kier molecular flexibility index (Phi) is 7.31. The number of benzene rings is 3. The zero-order valence-electron chi connectivity index (χ0n) is 19.7. The van der Waals surface area contributed by atoms with Crippen LogP contribution in [0, 0.1) is 18.3 Å². The normalized spacial score (nSPS) is 11.3. The highest BCUT2D eigenvalue weighted by molar-refractivity contribution is 7.99. The van der Waals surface area contributed by atoms with Crippen molar-refractivity contribution < 1.29 is 13.9 Å². The van der Waals surface area contributed by atoms with E-state index in [1.165, 1.54) is 29.2 Å². The molecule has 0 fully saturated rings. The van der Waals surface area contributed by atoms with E-state index in [2.05, 4.69) is 33.7 Å². The maximum Gasteiger partial charge on any atom is 0.268 e. The molecule has 0 radical (unpaired) electrons. The second-order valence-electron chi connectivity index (χ2n) is 7.97. The highest BCUT2D eigenvalue weighted by Gasteiger charge is 2.15. The van der Waals surface area contributed by atoms with Gasteiger partial charge in [0.1, 0.15) is 29.8 Å². The van der Waals surface area contributed by atoms with Crippen molar-refractivity contribution in [3.05, 3.63) is 101 Å². The Bertz CT molecular complexity index is 1640. The fourth-order valence-electron chi connectivity index (χ4n) is 3.53. The summed E-state index contributed by atoms with van der Waals surface area (Å²) in [5.74, 6) is 0.537. The van der Waals surface area contributed by atoms with Crippen LogP contribution in [0.15, 0.2) is 98.8 Å². The smallest absolute Gasteiger partial charge is 0.268 e. The Balaban J connectivity index is 1.23. The standard InChI is InChI=1S/C28H20N4O3S2/c1-18-6-4-9-21(14-18)34-17-25-31-32-28(37-25)30-27(33)20(16-29)15-22-12-13-26(35-22)36-24-11-5-8-19-7-2-3-10-23(19)24/h2-15H,17H2,1H3,(H,30,32,33)/b20-15-. The molecule has 9 heteroatoms. The van der Waals surface area contributed by atoms with Crippen molar-refractivity contribution in [2.45, 2.75) is 23.5 Å². The molecule has 1 amide bonds. The minimum Gasteiger partial charge on any atom is -0.486 e. The minimum atomic E-state index is -0.593. The summed E-state index contributed by atoms with van der Waals surface area (Å²) in [6.45, 7) is 2.21. The summed E-state index contributed by atoms with van der Waals surface area (Å²) in [7, 11) is 0. The Morgan fingerprint density at radius 1 is 1.11 bits per heavy atom. The highest BCUT2D eigenvalue weighted by atomic mass is 32.2. The third kappa shape index (κ3) is 6.06. The van der Waals surface area contributed by atoms with E-state index >= 15 is 0 Å². The van der Waals surface area contributed by atoms with Gasteiger partial charge in [-0.1, -0.05) is 71.6 Å². The number of furan rings is 1. The Morgan fingerprint density at radius 3 is 2.81 bits per heavy atom. The number of amides is 1. The molecule has 0 saturated carbocycles. The van der Waals surface area contributed by atoms with Crippen molar-refractivity contribution in [1.82, 2.24) is 10.2 Å². The zero-order valence-corrected chi connectivity index (χ0v) is 21.3. The monoisotopic (exact) mass is 524 g/mol. The number of hydrogen-bond donors (Lipinski definition) is 1. The molecule has 37 heavy (non-hydrogen) atoms. The topological polar surface area (TPSA) is 101 Å². The van der Waals surface area contributed by atoms with Gasteiger partial charge in [0.25, 0.3) is 5.91 Å². The van der Waals surface area contributed by atoms with Crippen LogP contribution >= 0.6 is 23.1 Å².